The number of hydrogen-bond acceptors (Lipinski definition) is 4. The zero-order chi connectivity index (χ0) is 13.9. The minimum absolute atomic E-state index is 0.0859. The Kier molecular flexibility index (Phi) is 4.81. The SMILES string of the molecule is CC(C)NC1CCCN(CC2(O)CCOCC2)C1=O. The fourth-order valence-electron chi connectivity index (χ4n) is 2.92. The number of hydrogen-bond donors (Lipinski definition) is 2. The van der Waals surface area contributed by atoms with Crippen LogP contribution in [-0.4, -0.2) is 59.9 Å². The fraction of sp³-hybridized carbons (Fsp3) is 0.929. The van der Waals surface area contributed by atoms with Gasteiger partial charge in [0.25, 0.3) is 0 Å². The molecule has 0 aromatic heterocycles. The second-order valence-corrected chi connectivity index (χ2v) is 6.11. The predicted molar refractivity (Wildman–Crippen MR) is 72.9 cm³/mol. The van der Waals surface area contributed by atoms with Crippen molar-refractivity contribution in [3.05, 3.63) is 0 Å². The highest BCUT2D eigenvalue weighted by molar-refractivity contribution is 5.82. The van der Waals surface area contributed by atoms with E-state index >= 15 is 0 Å². The van der Waals surface area contributed by atoms with Gasteiger partial charge in [-0.05, 0) is 12.8 Å². The Labute approximate surface area is 115 Å². The van der Waals surface area contributed by atoms with Crippen molar-refractivity contribution < 1.29 is 14.6 Å². The van der Waals surface area contributed by atoms with Crippen LogP contribution in [0.15, 0.2) is 0 Å². The summed E-state index contributed by atoms with van der Waals surface area (Å²) in [4.78, 5) is 14.2. The lowest BCUT2D eigenvalue weighted by atomic mass is 9.92. The fourth-order valence-corrected chi connectivity index (χ4v) is 2.92. The largest absolute Gasteiger partial charge is 0.388 e. The Morgan fingerprint density at radius 3 is 2.79 bits per heavy atom. The number of carbonyl (C=O) groups excluding carboxylic acids is 1. The Bertz CT molecular complexity index is 314. The molecule has 1 amide bonds. The maximum Gasteiger partial charge on any atom is 0.239 e. The van der Waals surface area contributed by atoms with E-state index < -0.39 is 5.60 Å². The topological polar surface area (TPSA) is 61.8 Å². The number of nitrogens with zero attached hydrogens (tertiary/aromatic N) is 1. The molecule has 5 nitrogen and oxygen atoms in total. The highest BCUT2D eigenvalue weighted by atomic mass is 16.5. The zero-order valence-electron chi connectivity index (χ0n) is 12.0. The van der Waals surface area contributed by atoms with Crippen molar-refractivity contribution in [2.45, 2.75) is 57.2 Å². The maximum atomic E-state index is 12.4. The molecule has 0 aromatic carbocycles. The summed E-state index contributed by atoms with van der Waals surface area (Å²) in [7, 11) is 0. The van der Waals surface area contributed by atoms with Gasteiger partial charge in [0.05, 0.1) is 11.6 Å². The molecule has 0 aromatic rings. The number of ether oxygens (including phenoxy) is 1. The molecule has 2 aliphatic rings. The summed E-state index contributed by atoms with van der Waals surface area (Å²) in [6, 6.07) is 0.220. The standard InChI is InChI=1S/C14H26N2O3/c1-11(2)15-12-4-3-7-16(13(12)17)10-14(18)5-8-19-9-6-14/h11-12,15,18H,3-10H2,1-2H3. The Balaban J connectivity index is 1.93. The van der Waals surface area contributed by atoms with Crippen LogP contribution in [0.3, 0.4) is 0 Å². The number of amides is 1. The third-order valence-corrected chi connectivity index (χ3v) is 3.97. The molecular weight excluding hydrogens is 244 g/mol. The first-order chi connectivity index (χ1) is 9.00. The molecule has 2 fully saturated rings. The molecule has 2 saturated heterocycles. The van der Waals surface area contributed by atoms with E-state index in [0.717, 1.165) is 19.4 Å². The molecule has 0 aliphatic carbocycles. The molecule has 0 saturated carbocycles. The van der Waals surface area contributed by atoms with Crippen molar-refractivity contribution in [1.82, 2.24) is 10.2 Å². The predicted octanol–water partition coefficient (Wildman–Crippen LogP) is 0.517. The summed E-state index contributed by atoms with van der Waals surface area (Å²) in [6.45, 7) is 6.50. The normalized spacial score (nSPS) is 27.9. The second kappa shape index (κ2) is 6.20. The van der Waals surface area contributed by atoms with E-state index in [1.54, 1.807) is 0 Å². The molecule has 0 bridgehead atoms. The van der Waals surface area contributed by atoms with Crippen LogP contribution in [0.2, 0.25) is 0 Å². The number of rotatable bonds is 4. The van der Waals surface area contributed by atoms with Crippen LogP contribution in [0.1, 0.15) is 39.5 Å². The molecule has 2 aliphatic heterocycles. The van der Waals surface area contributed by atoms with Gasteiger partial charge in [-0.3, -0.25) is 4.79 Å². The van der Waals surface area contributed by atoms with Gasteiger partial charge >= 0.3 is 0 Å². The molecule has 1 unspecified atom stereocenters. The molecule has 110 valence electrons. The van der Waals surface area contributed by atoms with E-state index in [4.69, 9.17) is 4.74 Å². The van der Waals surface area contributed by atoms with Crippen LogP contribution in [0, 0.1) is 0 Å². The average Bonchev–Trinajstić information content (AvgIpc) is 2.34. The number of piperidine rings is 1. The Morgan fingerprint density at radius 2 is 2.16 bits per heavy atom. The highest BCUT2D eigenvalue weighted by Crippen LogP contribution is 2.24. The van der Waals surface area contributed by atoms with Crippen LogP contribution in [-0.2, 0) is 9.53 Å². The van der Waals surface area contributed by atoms with Crippen LogP contribution in [0.4, 0.5) is 0 Å². The van der Waals surface area contributed by atoms with Gasteiger partial charge < -0.3 is 20.1 Å². The lowest BCUT2D eigenvalue weighted by Crippen LogP contribution is -2.57. The second-order valence-electron chi connectivity index (χ2n) is 6.11. The molecule has 2 heterocycles. The first kappa shape index (κ1) is 14.8. The number of carbonyl (C=O) groups is 1. The van der Waals surface area contributed by atoms with Gasteiger partial charge in [0.15, 0.2) is 0 Å². The van der Waals surface area contributed by atoms with Crippen molar-refractivity contribution in [3.63, 3.8) is 0 Å². The summed E-state index contributed by atoms with van der Waals surface area (Å²) in [5, 5.41) is 13.8. The van der Waals surface area contributed by atoms with Crippen molar-refractivity contribution in [1.29, 1.82) is 0 Å². The van der Waals surface area contributed by atoms with Crippen molar-refractivity contribution in [2.24, 2.45) is 0 Å². The highest BCUT2D eigenvalue weighted by Gasteiger charge is 2.37. The van der Waals surface area contributed by atoms with Crippen molar-refractivity contribution in [3.8, 4) is 0 Å². The van der Waals surface area contributed by atoms with Gasteiger partial charge in [-0.25, -0.2) is 0 Å². The third-order valence-electron chi connectivity index (χ3n) is 3.97. The van der Waals surface area contributed by atoms with Crippen LogP contribution in [0.25, 0.3) is 0 Å². The van der Waals surface area contributed by atoms with Crippen LogP contribution >= 0.6 is 0 Å². The summed E-state index contributed by atoms with van der Waals surface area (Å²) >= 11 is 0. The lowest BCUT2D eigenvalue weighted by Gasteiger charge is -2.40. The molecule has 5 heteroatoms. The lowest BCUT2D eigenvalue weighted by molar-refractivity contribution is -0.144. The number of β-amino-alcohol motifs (C(OH)–C–C–N with tert-alkyl or cyclic N) is 1. The summed E-state index contributed by atoms with van der Waals surface area (Å²) in [5.41, 5.74) is -0.756. The summed E-state index contributed by atoms with van der Waals surface area (Å²) < 4.78 is 5.28. The minimum Gasteiger partial charge on any atom is -0.388 e. The van der Waals surface area contributed by atoms with E-state index in [9.17, 15) is 9.90 Å². The monoisotopic (exact) mass is 270 g/mol. The summed E-state index contributed by atoms with van der Waals surface area (Å²) in [6.07, 6.45) is 3.15. The molecule has 0 radical (unpaired) electrons. The van der Waals surface area contributed by atoms with Crippen molar-refractivity contribution >= 4 is 5.91 Å². The third kappa shape index (κ3) is 3.91. The van der Waals surface area contributed by atoms with Gasteiger partial charge in [0, 0.05) is 45.2 Å². The van der Waals surface area contributed by atoms with Gasteiger partial charge in [0.1, 0.15) is 0 Å². The molecule has 19 heavy (non-hydrogen) atoms. The van der Waals surface area contributed by atoms with Crippen LogP contribution < -0.4 is 5.32 Å². The minimum atomic E-state index is -0.756. The first-order valence-corrected chi connectivity index (χ1v) is 7.35. The molecule has 2 rings (SSSR count). The van der Waals surface area contributed by atoms with E-state index in [0.29, 0.717) is 38.6 Å². The number of nitrogens with one attached hydrogen (secondary N) is 1. The number of likely N-dealkylation sites (tertiary alicyclic amines) is 1. The molecule has 1 atom stereocenters. The smallest absolute Gasteiger partial charge is 0.239 e. The van der Waals surface area contributed by atoms with Crippen LogP contribution in [0.5, 0.6) is 0 Å². The van der Waals surface area contributed by atoms with Gasteiger partial charge in [-0.15, -0.1) is 0 Å². The summed E-state index contributed by atoms with van der Waals surface area (Å²) in [5.74, 6) is 0.139. The van der Waals surface area contributed by atoms with E-state index in [1.807, 2.05) is 4.90 Å². The van der Waals surface area contributed by atoms with E-state index in [1.165, 1.54) is 0 Å². The number of aliphatic hydroxyl groups is 1. The Hall–Kier alpha value is -0.650. The van der Waals surface area contributed by atoms with Gasteiger partial charge in [0.2, 0.25) is 5.91 Å². The molecular formula is C14H26N2O3. The zero-order valence-corrected chi connectivity index (χ0v) is 12.0. The first-order valence-electron chi connectivity index (χ1n) is 7.35. The molecule has 2 N–H and O–H groups in total. The molecule has 0 spiro atoms. The average molecular weight is 270 g/mol. The Morgan fingerprint density at radius 1 is 1.47 bits per heavy atom. The quantitative estimate of drug-likeness (QED) is 0.782. The van der Waals surface area contributed by atoms with E-state index in [-0.39, 0.29) is 11.9 Å². The van der Waals surface area contributed by atoms with Crippen molar-refractivity contribution in [2.75, 3.05) is 26.3 Å². The maximum absolute atomic E-state index is 12.4. The van der Waals surface area contributed by atoms with Gasteiger partial charge in [-0.1, -0.05) is 13.8 Å². The van der Waals surface area contributed by atoms with E-state index in [2.05, 4.69) is 19.2 Å². The van der Waals surface area contributed by atoms with Gasteiger partial charge in [-0.2, -0.15) is 0 Å².